The van der Waals surface area contributed by atoms with Gasteiger partial charge >= 0.3 is 6.18 Å². The van der Waals surface area contributed by atoms with Gasteiger partial charge in [-0.05, 0) is 37.1 Å². The lowest BCUT2D eigenvalue weighted by Gasteiger charge is -2.18. The van der Waals surface area contributed by atoms with E-state index in [9.17, 15) is 23.1 Å². The van der Waals surface area contributed by atoms with Crippen LogP contribution in [0, 0.1) is 5.41 Å². The predicted molar refractivity (Wildman–Crippen MR) is 120 cm³/mol. The number of hydrogen-bond donors (Lipinski definition) is 4. The molecule has 12 heteroatoms. The zero-order valence-corrected chi connectivity index (χ0v) is 19.2. The molecule has 4 rings (SSSR count). The van der Waals surface area contributed by atoms with E-state index < -0.39 is 24.0 Å². The fourth-order valence-corrected chi connectivity index (χ4v) is 3.67. The van der Waals surface area contributed by atoms with Crippen molar-refractivity contribution in [2.24, 2.45) is 11.1 Å². The van der Waals surface area contributed by atoms with Crippen LogP contribution in [0.1, 0.15) is 41.7 Å². The zero-order chi connectivity index (χ0) is 25.4. The average Bonchev–Trinajstić information content (AvgIpc) is 3.44. The van der Waals surface area contributed by atoms with Gasteiger partial charge in [0.05, 0.1) is 13.7 Å². The van der Waals surface area contributed by atoms with Crippen molar-refractivity contribution in [2.75, 3.05) is 20.2 Å². The quantitative estimate of drug-likeness (QED) is 0.264. The number of hydrogen-bond acceptors (Lipinski definition) is 8. The number of amides is 1. The van der Waals surface area contributed by atoms with Crippen LogP contribution < -0.4 is 21.1 Å². The van der Waals surface area contributed by atoms with Crippen LogP contribution in [-0.2, 0) is 12.7 Å². The number of pyridine rings is 1. The molecule has 3 aromatic rings. The summed E-state index contributed by atoms with van der Waals surface area (Å²) in [6, 6.07) is 5.13. The highest BCUT2D eigenvalue weighted by Crippen LogP contribution is 2.47. The Bertz CT molecular complexity index is 1240. The van der Waals surface area contributed by atoms with Gasteiger partial charge in [-0.25, -0.2) is 9.97 Å². The molecule has 5 N–H and O–H groups in total. The van der Waals surface area contributed by atoms with E-state index in [4.69, 9.17) is 14.9 Å². The molecule has 0 aliphatic heterocycles. The summed E-state index contributed by atoms with van der Waals surface area (Å²) in [7, 11) is 1.33. The Labute approximate surface area is 198 Å². The van der Waals surface area contributed by atoms with Gasteiger partial charge in [-0.1, -0.05) is 6.92 Å². The molecule has 1 unspecified atom stereocenters. The number of nitrogens with zero attached hydrogens (tertiary/aromatic N) is 2. The first kappa shape index (κ1) is 24.9. The number of fused-ring (bicyclic) bond motifs is 1. The number of ether oxygens (including phenoxy) is 1. The third kappa shape index (κ3) is 5.09. The molecule has 1 aliphatic carbocycles. The van der Waals surface area contributed by atoms with Crippen molar-refractivity contribution < 1.29 is 32.2 Å². The summed E-state index contributed by atoms with van der Waals surface area (Å²) in [5.41, 5.74) is 4.84. The van der Waals surface area contributed by atoms with Gasteiger partial charge in [-0.2, -0.15) is 13.2 Å². The molecule has 1 amide bonds. The second kappa shape index (κ2) is 9.44. The van der Waals surface area contributed by atoms with Crippen LogP contribution in [0.5, 0.6) is 5.75 Å². The van der Waals surface area contributed by atoms with E-state index in [1.54, 1.807) is 6.07 Å². The molecule has 2 aromatic heterocycles. The molecule has 1 aromatic carbocycles. The van der Waals surface area contributed by atoms with Gasteiger partial charge < -0.3 is 25.3 Å². The number of rotatable bonds is 9. The number of aliphatic hydroxyl groups is 1. The maximum Gasteiger partial charge on any atom is 0.433 e. The number of benzene rings is 1. The Morgan fingerprint density at radius 2 is 2.00 bits per heavy atom. The summed E-state index contributed by atoms with van der Waals surface area (Å²) < 4.78 is 50.5. The normalized spacial score (nSPS) is 15.7. The Kier molecular flexibility index (Phi) is 6.71. The molecular formula is C23H26F3N5O4. The molecule has 9 nitrogen and oxygen atoms in total. The van der Waals surface area contributed by atoms with Crippen LogP contribution in [0.3, 0.4) is 0 Å². The number of methoxy groups -OCH3 is 1. The third-order valence-electron chi connectivity index (χ3n) is 6.11. The molecule has 0 saturated heterocycles. The van der Waals surface area contributed by atoms with E-state index in [2.05, 4.69) is 20.6 Å². The second-order valence-electron chi connectivity index (χ2n) is 8.67. The monoisotopic (exact) mass is 493 g/mol. The maximum atomic E-state index is 13.2. The molecule has 0 radical (unpaired) electrons. The Morgan fingerprint density at radius 1 is 1.26 bits per heavy atom. The summed E-state index contributed by atoms with van der Waals surface area (Å²) >= 11 is 0. The van der Waals surface area contributed by atoms with Crippen LogP contribution in [-0.4, -0.2) is 47.4 Å². The summed E-state index contributed by atoms with van der Waals surface area (Å²) in [5, 5.41) is 16.1. The molecule has 1 atom stereocenters. The topological polar surface area (TPSA) is 136 Å². The lowest BCUT2D eigenvalue weighted by Crippen LogP contribution is -2.41. The predicted octanol–water partition coefficient (Wildman–Crippen LogP) is 2.81. The van der Waals surface area contributed by atoms with Gasteiger partial charge in [0.2, 0.25) is 5.89 Å². The largest absolute Gasteiger partial charge is 0.494 e. The van der Waals surface area contributed by atoms with Crippen molar-refractivity contribution in [3.05, 3.63) is 41.4 Å². The molecule has 0 bridgehead atoms. The van der Waals surface area contributed by atoms with E-state index in [-0.39, 0.29) is 47.1 Å². The summed E-state index contributed by atoms with van der Waals surface area (Å²) in [4.78, 5) is 20.7. The van der Waals surface area contributed by atoms with Gasteiger partial charge in [0.15, 0.2) is 11.5 Å². The standard InChI is InChI=1S/C23H26F3N5O4/c1-22(7-8-22)21(33)29-10-9-28-19(32)18-15(11-27)35-20(31-18)13-3-5-14(34-2)17-12(13)4-6-16(30-17)23(24,25)26/h3-6,21,29,33H,7-11,27H2,1-2H3,(H,28,32). The number of halogens is 3. The number of carbonyl (C=O) groups excluding carboxylic acids is 1. The molecule has 1 fully saturated rings. The van der Waals surface area contributed by atoms with Crippen LogP contribution >= 0.6 is 0 Å². The number of nitrogens with two attached hydrogens (primary N) is 1. The second-order valence-corrected chi connectivity index (χ2v) is 8.67. The molecule has 0 spiro atoms. The summed E-state index contributed by atoms with van der Waals surface area (Å²) in [6.07, 6.45) is -3.38. The van der Waals surface area contributed by atoms with Gasteiger partial charge in [0.1, 0.15) is 23.2 Å². The average molecular weight is 493 g/mol. The zero-order valence-electron chi connectivity index (χ0n) is 19.2. The van der Waals surface area contributed by atoms with Crippen molar-refractivity contribution in [3.8, 4) is 17.2 Å². The third-order valence-corrected chi connectivity index (χ3v) is 6.11. The minimum Gasteiger partial charge on any atom is -0.494 e. The minimum atomic E-state index is -4.63. The SMILES string of the molecule is COc1ccc(-c2nc(C(=O)NCCNC(O)C3(C)CC3)c(CN)o2)c2ccc(C(F)(F)F)nc12. The van der Waals surface area contributed by atoms with E-state index in [1.165, 1.54) is 19.2 Å². The maximum absolute atomic E-state index is 13.2. The van der Waals surface area contributed by atoms with E-state index >= 15 is 0 Å². The van der Waals surface area contributed by atoms with Gasteiger partial charge in [0, 0.05) is 29.5 Å². The minimum absolute atomic E-state index is 0.0139. The van der Waals surface area contributed by atoms with E-state index in [1.807, 2.05) is 6.92 Å². The Morgan fingerprint density at radius 3 is 2.63 bits per heavy atom. The first-order chi connectivity index (χ1) is 16.6. The Balaban J connectivity index is 1.57. The van der Waals surface area contributed by atoms with Crippen molar-refractivity contribution in [2.45, 2.75) is 38.7 Å². The molecule has 1 aliphatic rings. The van der Waals surface area contributed by atoms with Crippen LogP contribution in [0.4, 0.5) is 13.2 Å². The highest BCUT2D eigenvalue weighted by molar-refractivity contribution is 5.98. The van der Waals surface area contributed by atoms with Crippen LogP contribution in [0.25, 0.3) is 22.4 Å². The van der Waals surface area contributed by atoms with Gasteiger partial charge in [-0.3, -0.25) is 10.1 Å². The smallest absolute Gasteiger partial charge is 0.433 e. The van der Waals surface area contributed by atoms with Crippen molar-refractivity contribution in [1.29, 1.82) is 0 Å². The highest BCUT2D eigenvalue weighted by Gasteiger charge is 2.43. The van der Waals surface area contributed by atoms with E-state index in [0.717, 1.165) is 18.9 Å². The number of aromatic nitrogens is 2. The Hall–Kier alpha value is -3.22. The number of carbonyl (C=O) groups is 1. The molecule has 188 valence electrons. The number of alkyl halides is 3. The van der Waals surface area contributed by atoms with Crippen LogP contribution in [0.15, 0.2) is 28.7 Å². The lowest BCUT2D eigenvalue weighted by atomic mass is 10.1. The summed E-state index contributed by atoms with van der Waals surface area (Å²) in [6.45, 7) is 2.45. The van der Waals surface area contributed by atoms with Crippen LogP contribution in [0.2, 0.25) is 0 Å². The molecule has 1 saturated carbocycles. The fourth-order valence-electron chi connectivity index (χ4n) is 3.67. The molecule has 2 heterocycles. The van der Waals surface area contributed by atoms with Gasteiger partial charge in [0.25, 0.3) is 5.91 Å². The lowest BCUT2D eigenvalue weighted by molar-refractivity contribution is -0.140. The first-order valence-corrected chi connectivity index (χ1v) is 11.0. The highest BCUT2D eigenvalue weighted by atomic mass is 19.4. The number of aliphatic hydroxyl groups excluding tert-OH is 1. The number of nitrogens with one attached hydrogen (secondary N) is 2. The molecular weight excluding hydrogens is 467 g/mol. The van der Waals surface area contributed by atoms with Crippen molar-refractivity contribution in [1.82, 2.24) is 20.6 Å². The fraction of sp³-hybridized carbons (Fsp3) is 0.435. The number of oxazole rings is 1. The molecule has 35 heavy (non-hydrogen) atoms. The first-order valence-electron chi connectivity index (χ1n) is 11.0. The van der Waals surface area contributed by atoms with Crippen molar-refractivity contribution >= 4 is 16.8 Å². The summed E-state index contributed by atoms with van der Waals surface area (Å²) in [5.74, 6) is -0.238. The van der Waals surface area contributed by atoms with Gasteiger partial charge in [-0.15, -0.1) is 0 Å². The van der Waals surface area contributed by atoms with Crippen molar-refractivity contribution in [3.63, 3.8) is 0 Å². The van der Waals surface area contributed by atoms with E-state index in [0.29, 0.717) is 17.5 Å².